The molecule has 1 aromatic heterocycles. The number of rotatable bonds is 3. The van der Waals surface area contributed by atoms with Crippen LogP contribution in [0, 0.1) is 10.5 Å². The second kappa shape index (κ2) is 6.04. The maximum atomic E-state index is 11.9. The highest BCUT2D eigenvalue weighted by Crippen LogP contribution is 2.16. The van der Waals surface area contributed by atoms with Crippen LogP contribution in [0.25, 0.3) is 6.08 Å². The van der Waals surface area contributed by atoms with E-state index >= 15 is 0 Å². The standard InChI is InChI=1S/C15H11IO4/c1-9-8-13(18)14(15(19)20-9)12(17)7-4-10-2-5-11(16)6-3-10/h2-8,18H,1H3/b7-4+. The number of benzene rings is 1. The van der Waals surface area contributed by atoms with Crippen LogP contribution in [-0.4, -0.2) is 10.9 Å². The van der Waals surface area contributed by atoms with E-state index in [0.29, 0.717) is 0 Å². The summed E-state index contributed by atoms with van der Waals surface area (Å²) in [5, 5.41) is 9.66. The third kappa shape index (κ3) is 3.36. The van der Waals surface area contributed by atoms with Gasteiger partial charge in [0.05, 0.1) is 0 Å². The summed E-state index contributed by atoms with van der Waals surface area (Å²) in [5.74, 6) is -0.698. The van der Waals surface area contributed by atoms with Crippen LogP contribution >= 0.6 is 22.6 Å². The second-order valence-electron chi connectivity index (χ2n) is 4.15. The number of ketones is 1. The van der Waals surface area contributed by atoms with Crippen LogP contribution in [0.1, 0.15) is 21.7 Å². The van der Waals surface area contributed by atoms with E-state index in [1.54, 1.807) is 6.08 Å². The molecular weight excluding hydrogens is 371 g/mol. The monoisotopic (exact) mass is 382 g/mol. The van der Waals surface area contributed by atoms with E-state index in [2.05, 4.69) is 22.6 Å². The first kappa shape index (κ1) is 14.5. The van der Waals surface area contributed by atoms with Gasteiger partial charge in [-0.05, 0) is 53.3 Å². The summed E-state index contributed by atoms with van der Waals surface area (Å²) in [6, 6.07) is 8.75. The van der Waals surface area contributed by atoms with Gasteiger partial charge in [-0.15, -0.1) is 0 Å². The maximum Gasteiger partial charge on any atom is 0.351 e. The van der Waals surface area contributed by atoms with Crippen molar-refractivity contribution in [3.8, 4) is 5.75 Å². The van der Waals surface area contributed by atoms with Crippen molar-refractivity contribution in [3.05, 3.63) is 67.3 Å². The first-order chi connectivity index (χ1) is 9.47. The SMILES string of the molecule is Cc1cc(O)c(C(=O)/C=C/c2ccc(I)cc2)c(=O)o1. The summed E-state index contributed by atoms with van der Waals surface area (Å²) in [4.78, 5) is 23.5. The minimum atomic E-state index is -0.834. The molecule has 0 aliphatic rings. The van der Waals surface area contributed by atoms with Crippen LogP contribution in [0.5, 0.6) is 5.75 Å². The minimum absolute atomic E-state index is 0.255. The fraction of sp³-hybridized carbons (Fsp3) is 0.0667. The summed E-state index contributed by atoms with van der Waals surface area (Å²) < 4.78 is 5.89. The fourth-order valence-corrected chi connectivity index (χ4v) is 2.01. The normalized spacial score (nSPS) is 10.9. The Hall–Kier alpha value is -1.89. The van der Waals surface area contributed by atoms with Gasteiger partial charge in [0.15, 0.2) is 5.78 Å². The number of aromatic hydroxyl groups is 1. The molecule has 1 N–H and O–H groups in total. The van der Waals surface area contributed by atoms with Crippen molar-refractivity contribution in [2.45, 2.75) is 6.92 Å². The number of allylic oxidation sites excluding steroid dienone is 1. The fourth-order valence-electron chi connectivity index (χ4n) is 1.65. The molecule has 1 heterocycles. The Balaban J connectivity index is 2.29. The number of hydrogen-bond acceptors (Lipinski definition) is 4. The molecule has 0 bridgehead atoms. The van der Waals surface area contributed by atoms with Gasteiger partial charge in [-0.3, -0.25) is 4.79 Å². The molecule has 0 amide bonds. The smallest absolute Gasteiger partial charge is 0.351 e. The minimum Gasteiger partial charge on any atom is -0.507 e. The van der Waals surface area contributed by atoms with E-state index in [0.717, 1.165) is 9.13 Å². The number of aryl methyl sites for hydroxylation is 1. The molecule has 0 unspecified atom stereocenters. The predicted molar refractivity (Wildman–Crippen MR) is 83.9 cm³/mol. The Morgan fingerprint density at radius 3 is 2.55 bits per heavy atom. The van der Waals surface area contributed by atoms with Crippen LogP contribution in [0.2, 0.25) is 0 Å². The lowest BCUT2D eigenvalue weighted by atomic mass is 10.1. The number of carbonyl (C=O) groups is 1. The summed E-state index contributed by atoms with van der Waals surface area (Å²) in [6.07, 6.45) is 2.82. The molecule has 2 rings (SSSR count). The maximum absolute atomic E-state index is 11.9. The van der Waals surface area contributed by atoms with Gasteiger partial charge in [0.2, 0.25) is 0 Å². The molecule has 1 aromatic carbocycles. The van der Waals surface area contributed by atoms with Gasteiger partial charge in [-0.2, -0.15) is 0 Å². The van der Waals surface area contributed by atoms with Crippen molar-refractivity contribution >= 4 is 34.5 Å². The van der Waals surface area contributed by atoms with Crippen molar-refractivity contribution in [2.24, 2.45) is 0 Å². The Kier molecular flexibility index (Phi) is 4.39. The highest BCUT2D eigenvalue weighted by Gasteiger charge is 2.15. The molecule has 4 nitrogen and oxygen atoms in total. The van der Waals surface area contributed by atoms with Crippen molar-refractivity contribution in [1.29, 1.82) is 0 Å². The zero-order valence-electron chi connectivity index (χ0n) is 10.6. The van der Waals surface area contributed by atoms with Crippen molar-refractivity contribution in [1.82, 2.24) is 0 Å². The molecule has 20 heavy (non-hydrogen) atoms. The summed E-state index contributed by atoms with van der Waals surface area (Å²) in [5.41, 5.74) is -0.355. The average molecular weight is 382 g/mol. The third-order valence-electron chi connectivity index (χ3n) is 2.60. The summed E-state index contributed by atoms with van der Waals surface area (Å²) in [7, 11) is 0. The van der Waals surface area contributed by atoms with E-state index < -0.39 is 11.4 Å². The van der Waals surface area contributed by atoms with Crippen LogP contribution in [0.3, 0.4) is 0 Å². The number of hydrogen-bond donors (Lipinski definition) is 1. The van der Waals surface area contributed by atoms with Gasteiger partial charge in [0, 0.05) is 9.64 Å². The first-order valence-electron chi connectivity index (χ1n) is 5.79. The van der Waals surface area contributed by atoms with Crippen LogP contribution in [0.15, 0.2) is 45.6 Å². The highest BCUT2D eigenvalue weighted by atomic mass is 127. The molecule has 102 valence electrons. The summed E-state index contributed by atoms with van der Waals surface area (Å²) in [6.45, 7) is 1.52. The molecule has 2 aromatic rings. The van der Waals surface area contributed by atoms with Gasteiger partial charge >= 0.3 is 5.63 Å². The number of carbonyl (C=O) groups excluding carboxylic acids is 1. The van der Waals surface area contributed by atoms with E-state index in [1.807, 2.05) is 24.3 Å². The topological polar surface area (TPSA) is 67.5 Å². The van der Waals surface area contributed by atoms with E-state index in [1.165, 1.54) is 19.1 Å². The Bertz CT molecular complexity index is 727. The largest absolute Gasteiger partial charge is 0.507 e. The summed E-state index contributed by atoms with van der Waals surface area (Å²) >= 11 is 2.18. The second-order valence-corrected chi connectivity index (χ2v) is 5.40. The van der Waals surface area contributed by atoms with Crippen molar-refractivity contribution < 1.29 is 14.3 Å². The average Bonchev–Trinajstić information content (AvgIpc) is 2.37. The molecule has 0 atom stereocenters. The molecule has 0 aliphatic heterocycles. The van der Waals surface area contributed by atoms with Crippen molar-refractivity contribution in [2.75, 3.05) is 0 Å². The van der Waals surface area contributed by atoms with E-state index in [4.69, 9.17) is 4.42 Å². The molecule has 0 saturated carbocycles. The quantitative estimate of drug-likeness (QED) is 0.503. The van der Waals surface area contributed by atoms with Gasteiger partial charge in [-0.25, -0.2) is 4.79 Å². The van der Waals surface area contributed by atoms with Crippen LogP contribution in [0.4, 0.5) is 0 Å². The highest BCUT2D eigenvalue weighted by molar-refractivity contribution is 14.1. The molecule has 0 saturated heterocycles. The molecular formula is C15H11IO4. The number of halogens is 1. The van der Waals surface area contributed by atoms with Gasteiger partial charge < -0.3 is 9.52 Å². The van der Waals surface area contributed by atoms with Crippen LogP contribution < -0.4 is 5.63 Å². The first-order valence-corrected chi connectivity index (χ1v) is 6.87. The van der Waals surface area contributed by atoms with Gasteiger partial charge in [0.1, 0.15) is 17.1 Å². The molecule has 0 fully saturated rings. The van der Waals surface area contributed by atoms with Gasteiger partial charge in [0.25, 0.3) is 0 Å². The van der Waals surface area contributed by atoms with Crippen molar-refractivity contribution in [3.63, 3.8) is 0 Å². The van der Waals surface area contributed by atoms with E-state index in [-0.39, 0.29) is 17.1 Å². The molecule has 5 heteroatoms. The Labute approximate surface area is 128 Å². The lowest BCUT2D eigenvalue weighted by Crippen LogP contribution is -2.12. The van der Waals surface area contributed by atoms with Crippen LogP contribution in [-0.2, 0) is 0 Å². The molecule has 0 spiro atoms. The third-order valence-corrected chi connectivity index (χ3v) is 3.32. The zero-order chi connectivity index (χ0) is 14.7. The molecule has 0 radical (unpaired) electrons. The lowest BCUT2D eigenvalue weighted by Gasteiger charge is -2.00. The van der Waals surface area contributed by atoms with Gasteiger partial charge in [-0.1, -0.05) is 18.2 Å². The predicted octanol–water partition coefficient (Wildman–Crippen LogP) is 3.15. The zero-order valence-corrected chi connectivity index (χ0v) is 12.7. The molecule has 0 aliphatic carbocycles. The lowest BCUT2D eigenvalue weighted by molar-refractivity contribution is 0.104. The Morgan fingerprint density at radius 2 is 1.95 bits per heavy atom. The Morgan fingerprint density at radius 1 is 1.30 bits per heavy atom. The van der Waals surface area contributed by atoms with E-state index in [9.17, 15) is 14.7 Å².